The second-order valence-electron chi connectivity index (χ2n) is 4.49. The van der Waals surface area contributed by atoms with Crippen LogP contribution in [0, 0.1) is 5.92 Å². The summed E-state index contributed by atoms with van der Waals surface area (Å²) in [5.74, 6) is 1.17. The average Bonchev–Trinajstić information content (AvgIpc) is 2.76. The summed E-state index contributed by atoms with van der Waals surface area (Å²) in [5, 5.41) is 11.2. The molecule has 0 saturated heterocycles. The third-order valence-electron chi connectivity index (χ3n) is 3.00. The van der Waals surface area contributed by atoms with Gasteiger partial charge in [0, 0.05) is 13.6 Å². The fourth-order valence-electron chi connectivity index (χ4n) is 1.93. The molecule has 2 rings (SSSR count). The number of thioether (sulfide) groups is 1. The van der Waals surface area contributed by atoms with Gasteiger partial charge in [0.2, 0.25) is 5.91 Å². The third kappa shape index (κ3) is 3.72. The molecule has 0 spiro atoms. The van der Waals surface area contributed by atoms with E-state index < -0.39 is 0 Å². The quantitative estimate of drug-likeness (QED) is 0.834. The van der Waals surface area contributed by atoms with Gasteiger partial charge in [0.1, 0.15) is 0 Å². The molecule has 1 N–H and O–H groups in total. The molecular formula is C12H17NO2S2. The van der Waals surface area contributed by atoms with Crippen LogP contribution in [0.1, 0.15) is 12.8 Å². The smallest absolute Gasteiger partial charge is 0.232 e. The first-order chi connectivity index (χ1) is 8.15. The Morgan fingerprint density at radius 1 is 1.65 bits per heavy atom. The van der Waals surface area contributed by atoms with Gasteiger partial charge in [0.05, 0.1) is 16.1 Å². The van der Waals surface area contributed by atoms with Crippen molar-refractivity contribution in [3.05, 3.63) is 17.5 Å². The van der Waals surface area contributed by atoms with E-state index in [1.54, 1.807) is 28.0 Å². The molecule has 94 valence electrons. The van der Waals surface area contributed by atoms with Crippen LogP contribution in [0.4, 0.5) is 0 Å². The molecule has 0 aromatic carbocycles. The molecule has 1 aromatic rings. The first-order valence-corrected chi connectivity index (χ1v) is 7.60. The summed E-state index contributed by atoms with van der Waals surface area (Å²) in [6, 6.07) is 4.03. The highest BCUT2D eigenvalue weighted by atomic mass is 32.2. The van der Waals surface area contributed by atoms with Crippen molar-refractivity contribution in [1.82, 2.24) is 4.90 Å². The Morgan fingerprint density at radius 2 is 2.41 bits per heavy atom. The lowest BCUT2D eigenvalue weighted by atomic mass is 9.82. The number of rotatable bonds is 5. The molecule has 1 saturated carbocycles. The maximum Gasteiger partial charge on any atom is 0.232 e. The van der Waals surface area contributed by atoms with Crippen LogP contribution in [-0.2, 0) is 4.79 Å². The van der Waals surface area contributed by atoms with E-state index in [2.05, 4.69) is 0 Å². The molecular weight excluding hydrogens is 254 g/mol. The summed E-state index contributed by atoms with van der Waals surface area (Å²) in [4.78, 5) is 13.6. The van der Waals surface area contributed by atoms with Crippen molar-refractivity contribution in [3.8, 4) is 0 Å². The summed E-state index contributed by atoms with van der Waals surface area (Å²) in [7, 11) is 1.85. The summed E-state index contributed by atoms with van der Waals surface area (Å²) < 4.78 is 1.19. The van der Waals surface area contributed by atoms with Crippen molar-refractivity contribution in [1.29, 1.82) is 0 Å². The van der Waals surface area contributed by atoms with Crippen LogP contribution in [0.25, 0.3) is 0 Å². The predicted octanol–water partition coefficient (Wildman–Crippen LogP) is 2.07. The highest BCUT2D eigenvalue weighted by molar-refractivity contribution is 8.01. The third-order valence-corrected chi connectivity index (χ3v) is 5.12. The van der Waals surface area contributed by atoms with Crippen molar-refractivity contribution in [3.63, 3.8) is 0 Å². The molecule has 0 unspecified atom stereocenters. The van der Waals surface area contributed by atoms with Crippen LogP contribution in [0.3, 0.4) is 0 Å². The van der Waals surface area contributed by atoms with E-state index in [0.29, 0.717) is 11.7 Å². The van der Waals surface area contributed by atoms with Crippen molar-refractivity contribution >= 4 is 29.0 Å². The molecule has 0 radical (unpaired) electrons. The number of nitrogens with zero attached hydrogens (tertiary/aromatic N) is 1. The van der Waals surface area contributed by atoms with Crippen LogP contribution >= 0.6 is 23.1 Å². The van der Waals surface area contributed by atoms with Gasteiger partial charge in [-0.15, -0.1) is 23.1 Å². The minimum atomic E-state index is -0.135. The van der Waals surface area contributed by atoms with Gasteiger partial charge < -0.3 is 10.0 Å². The van der Waals surface area contributed by atoms with Crippen LogP contribution in [0.15, 0.2) is 21.7 Å². The Morgan fingerprint density at radius 3 is 3.00 bits per heavy atom. The Balaban J connectivity index is 1.68. The number of hydrogen-bond acceptors (Lipinski definition) is 4. The van der Waals surface area contributed by atoms with Crippen LogP contribution < -0.4 is 0 Å². The number of thiophene rings is 1. The van der Waals surface area contributed by atoms with Gasteiger partial charge in [-0.1, -0.05) is 6.07 Å². The van der Waals surface area contributed by atoms with Crippen molar-refractivity contribution in [2.75, 3.05) is 19.3 Å². The van der Waals surface area contributed by atoms with E-state index in [1.807, 2.05) is 24.6 Å². The lowest BCUT2D eigenvalue weighted by molar-refractivity contribution is -0.128. The molecule has 1 aliphatic rings. The van der Waals surface area contributed by atoms with Gasteiger partial charge in [-0.25, -0.2) is 0 Å². The topological polar surface area (TPSA) is 40.5 Å². The molecule has 1 heterocycles. The normalized spacial score (nSPS) is 23.2. The number of aliphatic hydroxyl groups excluding tert-OH is 1. The van der Waals surface area contributed by atoms with Crippen LogP contribution in [0.5, 0.6) is 0 Å². The summed E-state index contributed by atoms with van der Waals surface area (Å²) in [6.07, 6.45) is 1.55. The van der Waals surface area contributed by atoms with Crippen molar-refractivity contribution in [2.24, 2.45) is 5.92 Å². The van der Waals surface area contributed by atoms with E-state index in [0.717, 1.165) is 19.4 Å². The second kappa shape index (κ2) is 5.89. The maximum absolute atomic E-state index is 11.8. The number of aliphatic hydroxyl groups is 1. The number of hydrogen-bond donors (Lipinski definition) is 1. The van der Waals surface area contributed by atoms with E-state index >= 15 is 0 Å². The van der Waals surface area contributed by atoms with Gasteiger partial charge in [0.15, 0.2) is 0 Å². The Kier molecular flexibility index (Phi) is 4.48. The maximum atomic E-state index is 11.8. The zero-order chi connectivity index (χ0) is 12.3. The Labute approximate surface area is 110 Å². The minimum absolute atomic E-state index is 0.135. The highest BCUT2D eigenvalue weighted by Crippen LogP contribution is 2.28. The predicted molar refractivity (Wildman–Crippen MR) is 71.4 cm³/mol. The molecule has 17 heavy (non-hydrogen) atoms. The standard InChI is InChI=1S/C12H17NO2S2/c1-13(7-9-5-10(14)6-9)11(15)8-17-12-3-2-4-16-12/h2-4,9-10,14H,5-8H2,1H3. The molecule has 1 aromatic heterocycles. The Hall–Kier alpha value is -0.520. The molecule has 0 aliphatic heterocycles. The number of amides is 1. The molecule has 0 atom stereocenters. The molecule has 1 fully saturated rings. The molecule has 3 nitrogen and oxygen atoms in total. The first-order valence-electron chi connectivity index (χ1n) is 5.73. The van der Waals surface area contributed by atoms with Gasteiger partial charge in [0.25, 0.3) is 0 Å². The van der Waals surface area contributed by atoms with Gasteiger partial charge in [-0.05, 0) is 30.2 Å². The van der Waals surface area contributed by atoms with Gasteiger partial charge in [-0.3, -0.25) is 4.79 Å². The van der Waals surface area contributed by atoms with E-state index in [1.165, 1.54) is 4.21 Å². The van der Waals surface area contributed by atoms with Crippen LogP contribution in [-0.4, -0.2) is 41.4 Å². The monoisotopic (exact) mass is 271 g/mol. The fraction of sp³-hybridized carbons (Fsp3) is 0.583. The molecule has 0 bridgehead atoms. The zero-order valence-electron chi connectivity index (χ0n) is 9.83. The minimum Gasteiger partial charge on any atom is -0.393 e. The van der Waals surface area contributed by atoms with E-state index in [-0.39, 0.29) is 12.0 Å². The zero-order valence-corrected chi connectivity index (χ0v) is 11.5. The number of carbonyl (C=O) groups is 1. The van der Waals surface area contributed by atoms with E-state index in [4.69, 9.17) is 0 Å². The lowest BCUT2D eigenvalue weighted by Crippen LogP contribution is -2.40. The SMILES string of the molecule is CN(CC1CC(O)C1)C(=O)CSc1cccs1. The molecule has 1 aliphatic carbocycles. The van der Waals surface area contributed by atoms with E-state index in [9.17, 15) is 9.90 Å². The van der Waals surface area contributed by atoms with Crippen molar-refractivity contribution < 1.29 is 9.90 Å². The number of carbonyl (C=O) groups excluding carboxylic acids is 1. The van der Waals surface area contributed by atoms with Gasteiger partial charge >= 0.3 is 0 Å². The summed E-state index contributed by atoms with van der Waals surface area (Å²) >= 11 is 3.26. The molecule has 5 heteroatoms. The van der Waals surface area contributed by atoms with Gasteiger partial charge in [-0.2, -0.15) is 0 Å². The Bertz CT molecular complexity index is 361. The molecule has 1 amide bonds. The fourth-order valence-corrected chi connectivity index (χ4v) is 3.65. The summed E-state index contributed by atoms with van der Waals surface area (Å²) in [6.45, 7) is 0.779. The first kappa shape index (κ1) is 12.9. The average molecular weight is 271 g/mol. The van der Waals surface area contributed by atoms with Crippen molar-refractivity contribution in [2.45, 2.75) is 23.2 Å². The largest absolute Gasteiger partial charge is 0.393 e. The van der Waals surface area contributed by atoms with Crippen LogP contribution in [0.2, 0.25) is 0 Å². The lowest BCUT2D eigenvalue weighted by Gasteiger charge is -2.34. The second-order valence-corrected chi connectivity index (χ2v) is 6.71. The highest BCUT2D eigenvalue weighted by Gasteiger charge is 2.28. The summed E-state index contributed by atoms with van der Waals surface area (Å²) in [5.41, 5.74) is 0.